The smallest absolute Gasteiger partial charge is 0.279 e. The Labute approximate surface area is 115 Å². The molecule has 19 heavy (non-hydrogen) atoms. The van der Waals surface area contributed by atoms with Crippen LogP contribution >= 0.6 is 0 Å². The molecule has 1 unspecified atom stereocenters. The molecule has 1 saturated heterocycles. The largest absolute Gasteiger partial charge is 0.379 e. The highest BCUT2D eigenvalue weighted by Crippen LogP contribution is 2.04. The van der Waals surface area contributed by atoms with Crippen LogP contribution in [0.2, 0.25) is 0 Å². The summed E-state index contributed by atoms with van der Waals surface area (Å²) in [6, 6.07) is 2.06. The van der Waals surface area contributed by atoms with Crippen LogP contribution in [0.25, 0.3) is 0 Å². The molecule has 0 spiro atoms. The average Bonchev–Trinajstić information content (AvgIpc) is 2.43. The van der Waals surface area contributed by atoms with Crippen LogP contribution in [0.15, 0.2) is 0 Å². The van der Waals surface area contributed by atoms with Gasteiger partial charge in [0.25, 0.3) is 10.2 Å². The van der Waals surface area contributed by atoms with Crippen molar-refractivity contribution in [1.82, 2.24) is 13.9 Å². The maximum Gasteiger partial charge on any atom is 0.279 e. The molecule has 1 heterocycles. The zero-order valence-electron chi connectivity index (χ0n) is 11.5. The van der Waals surface area contributed by atoms with Gasteiger partial charge in [0.15, 0.2) is 0 Å². The zero-order chi connectivity index (χ0) is 14.3. The van der Waals surface area contributed by atoms with Gasteiger partial charge in [0.2, 0.25) is 0 Å². The third-order valence-electron chi connectivity index (χ3n) is 3.18. The van der Waals surface area contributed by atoms with E-state index in [1.807, 2.05) is 13.0 Å². The summed E-state index contributed by atoms with van der Waals surface area (Å²) in [5.41, 5.74) is 0. The van der Waals surface area contributed by atoms with Crippen LogP contribution in [-0.2, 0) is 14.9 Å². The van der Waals surface area contributed by atoms with Gasteiger partial charge in [-0.3, -0.25) is 4.90 Å². The van der Waals surface area contributed by atoms with Crippen LogP contribution in [0.3, 0.4) is 0 Å². The van der Waals surface area contributed by atoms with Gasteiger partial charge in [-0.15, -0.1) is 0 Å². The van der Waals surface area contributed by atoms with E-state index >= 15 is 0 Å². The molecule has 0 radical (unpaired) electrons. The van der Waals surface area contributed by atoms with Crippen LogP contribution in [0, 0.1) is 11.3 Å². The molecule has 1 aliphatic rings. The fourth-order valence-corrected chi connectivity index (χ4v) is 2.81. The average molecular weight is 290 g/mol. The Kier molecular flexibility index (Phi) is 6.68. The molecule has 1 fully saturated rings. The van der Waals surface area contributed by atoms with Gasteiger partial charge in [-0.05, 0) is 6.92 Å². The number of nitrogens with one attached hydrogen (secondary N) is 1. The molecule has 0 bridgehead atoms. The van der Waals surface area contributed by atoms with E-state index < -0.39 is 10.2 Å². The molecule has 0 saturated carbocycles. The SMILES string of the molecule is CC(CNS(=O)(=O)N(C)CCC#N)N1CCOCC1. The molecular weight excluding hydrogens is 268 g/mol. The highest BCUT2D eigenvalue weighted by atomic mass is 32.2. The second kappa shape index (κ2) is 7.77. The lowest BCUT2D eigenvalue weighted by molar-refractivity contribution is 0.0213. The summed E-state index contributed by atoms with van der Waals surface area (Å²) in [5, 5.41) is 8.46. The van der Waals surface area contributed by atoms with Crippen molar-refractivity contribution >= 4 is 10.2 Å². The Morgan fingerprint density at radius 1 is 1.47 bits per heavy atom. The number of hydrogen-bond acceptors (Lipinski definition) is 5. The fourth-order valence-electron chi connectivity index (χ4n) is 1.81. The van der Waals surface area contributed by atoms with E-state index in [9.17, 15) is 8.42 Å². The summed E-state index contributed by atoms with van der Waals surface area (Å²) in [7, 11) is -2.02. The zero-order valence-corrected chi connectivity index (χ0v) is 12.3. The van der Waals surface area contributed by atoms with Crippen molar-refractivity contribution in [2.75, 3.05) is 46.4 Å². The summed E-state index contributed by atoms with van der Waals surface area (Å²) in [4.78, 5) is 2.20. The lowest BCUT2D eigenvalue weighted by Gasteiger charge is -2.32. The summed E-state index contributed by atoms with van der Waals surface area (Å²) < 4.78 is 32.8. The first-order valence-electron chi connectivity index (χ1n) is 6.37. The Hall–Kier alpha value is -0.720. The summed E-state index contributed by atoms with van der Waals surface area (Å²) in [5.74, 6) is 0. The summed E-state index contributed by atoms with van der Waals surface area (Å²) in [6.07, 6.45) is 0.191. The first kappa shape index (κ1) is 16.3. The predicted octanol–water partition coefficient (Wildman–Crippen LogP) is -0.613. The van der Waals surface area contributed by atoms with Gasteiger partial charge in [0, 0.05) is 45.7 Å². The third kappa shape index (κ3) is 5.42. The Bertz CT molecular complexity index is 401. The first-order valence-corrected chi connectivity index (χ1v) is 7.81. The van der Waals surface area contributed by atoms with Crippen LogP contribution in [0.1, 0.15) is 13.3 Å². The molecule has 1 aliphatic heterocycles. The molecular formula is C11H22N4O3S. The number of ether oxygens (including phenoxy) is 1. The summed E-state index contributed by atoms with van der Waals surface area (Å²) in [6.45, 7) is 5.60. The van der Waals surface area contributed by atoms with Crippen LogP contribution < -0.4 is 4.72 Å². The van der Waals surface area contributed by atoms with Crippen molar-refractivity contribution in [1.29, 1.82) is 5.26 Å². The standard InChI is InChI=1S/C11H22N4O3S/c1-11(15-6-8-18-9-7-15)10-13-19(16,17)14(2)5-3-4-12/h11,13H,3,5-10H2,1-2H3. The lowest BCUT2D eigenvalue weighted by atomic mass is 10.2. The quantitative estimate of drug-likeness (QED) is 0.676. The number of morpholine rings is 1. The monoisotopic (exact) mass is 290 g/mol. The number of rotatable bonds is 7. The fraction of sp³-hybridized carbons (Fsp3) is 0.909. The van der Waals surface area contributed by atoms with Crippen molar-refractivity contribution in [2.45, 2.75) is 19.4 Å². The van der Waals surface area contributed by atoms with Crippen LogP contribution in [0.4, 0.5) is 0 Å². The predicted molar refractivity (Wildman–Crippen MR) is 71.6 cm³/mol. The van der Waals surface area contributed by atoms with Crippen molar-refractivity contribution in [3.8, 4) is 6.07 Å². The molecule has 1 atom stereocenters. The van der Waals surface area contributed by atoms with Gasteiger partial charge >= 0.3 is 0 Å². The van der Waals surface area contributed by atoms with E-state index in [4.69, 9.17) is 10.00 Å². The number of hydrogen-bond donors (Lipinski definition) is 1. The van der Waals surface area contributed by atoms with E-state index in [1.165, 1.54) is 11.4 Å². The maximum absolute atomic E-state index is 11.9. The van der Waals surface area contributed by atoms with Gasteiger partial charge in [-0.1, -0.05) is 0 Å². The van der Waals surface area contributed by atoms with E-state index in [1.54, 1.807) is 0 Å². The van der Waals surface area contributed by atoms with Gasteiger partial charge < -0.3 is 4.74 Å². The third-order valence-corrected chi connectivity index (χ3v) is 4.71. The van der Waals surface area contributed by atoms with Gasteiger partial charge in [-0.2, -0.15) is 18.0 Å². The molecule has 0 aliphatic carbocycles. The minimum absolute atomic E-state index is 0.128. The normalized spacial score (nSPS) is 19.3. The van der Waals surface area contributed by atoms with Crippen molar-refractivity contribution in [3.63, 3.8) is 0 Å². The van der Waals surface area contributed by atoms with Crippen molar-refractivity contribution in [2.24, 2.45) is 0 Å². The molecule has 0 amide bonds. The van der Waals surface area contributed by atoms with E-state index in [2.05, 4.69) is 9.62 Å². The van der Waals surface area contributed by atoms with Gasteiger partial charge in [0.05, 0.1) is 19.3 Å². The number of nitriles is 1. The Morgan fingerprint density at radius 2 is 2.11 bits per heavy atom. The topological polar surface area (TPSA) is 85.7 Å². The van der Waals surface area contributed by atoms with Crippen LogP contribution in [0.5, 0.6) is 0 Å². The van der Waals surface area contributed by atoms with E-state index in [0.717, 1.165) is 13.1 Å². The minimum Gasteiger partial charge on any atom is -0.379 e. The Balaban J connectivity index is 2.39. The Morgan fingerprint density at radius 3 is 2.68 bits per heavy atom. The van der Waals surface area contributed by atoms with E-state index in [-0.39, 0.29) is 19.0 Å². The second-order valence-electron chi connectivity index (χ2n) is 4.58. The lowest BCUT2D eigenvalue weighted by Crippen LogP contribution is -2.49. The van der Waals surface area contributed by atoms with Crippen molar-refractivity contribution < 1.29 is 13.2 Å². The maximum atomic E-state index is 11.9. The highest BCUT2D eigenvalue weighted by molar-refractivity contribution is 7.87. The molecule has 0 aromatic rings. The summed E-state index contributed by atoms with van der Waals surface area (Å²) >= 11 is 0. The molecule has 1 N–H and O–H groups in total. The molecule has 0 aromatic carbocycles. The number of nitrogens with zero attached hydrogens (tertiary/aromatic N) is 3. The minimum atomic E-state index is -3.49. The first-order chi connectivity index (χ1) is 8.97. The van der Waals surface area contributed by atoms with Gasteiger partial charge in [0.1, 0.15) is 0 Å². The van der Waals surface area contributed by atoms with E-state index in [0.29, 0.717) is 19.8 Å². The molecule has 0 aromatic heterocycles. The molecule has 7 nitrogen and oxygen atoms in total. The second-order valence-corrected chi connectivity index (χ2v) is 6.44. The van der Waals surface area contributed by atoms with Gasteiger partial charge in [-0.25, -0.2) is 4.72 Å². The highest BCUT2D eigenvalue weighted by Gasteiger charge is 2.21. The van der Waals surface area contributed by atoms with Crippen molar-refractivity contribution in [3.05, 3.63) is 0 Å². The molecule has 110 valence electrons. The molecule has 1 rings (SSSR count). The van der Waals surface area contributed by atoms with Crippen LogP contribution in [-0.4, -0.2) is 70.1 Å². The molecule has 8 heteroatoms.